The standard InChI is InChI=1S/C20H20Br2O5/c1-20(2)25-11-14(27-20)6-13-7-15(21)19(16(22)8-13)26-18-9-12(10-23)4-5-17(18)24-3/h4-5,7-10,14H,6,11H2,1-3H3. The predicted molar refractivity (Wildman–Crippen MR) is 109 cm³/mol. The molecule has 144 valence electrons. The van der Waals surface area contributed by atoms with Gasteiger partial charge in [0.1, 0.15) is 6.29 Å². The van der Waals surface area contributed by atoms with Crippen LogP contribution >= 0.6 is 31.9 Å². The van der Waals surface area contributed by atoms with E-state index in [9.17, 15) is 4.79 Å². The van der Waals surface area contributed by atoms with Gasteiger partial charge in [-0.15, -0.1) is 0 Å². The van der Waals surface area contributed by atoms with Crippen molar-refractivity contribution in [1.29, 1.82) is 0 Å². The molecule has 0 amide bonds. The predicted octanol–water partition coefficient (Wildman–Crippen LogP) is 5.52. The van der Waals surface area contributed by atoms with E-state index in [2.05, 4.69) is 31.9 Å². The van der Waals surface area contributed by atoms with Gasteiger partial charge >= 0.3 is 0 Å². The van der Waals surface area contributed by atoms with Crippen molar-refractivity contribution in [3.8, 4) is 17.2 Å². The summed E-state index contributed by atoms with van der Waals surface area (Å²) in [4.78, 5) is 11.1. The maximum absolute atomic E-state index is 11.1. The molecule has 5 nitrogen and oxygen atoms in total. The van der Waals surface area contributed by atoms with Crippen molar-refractivity contribution < 1.29 is 23.7 Å². The fraction of sp³-hybridized carbons (Fsp3) is 0.350. The van der Waals surface area contributed by atoms with Crippen LogP contribution in [0.4, 0.5) is 0 Å². The van der Waals surface area contributed by atoms with Crippen LogP contribution in [0.3, 0.4) is 0 Å². The van der Waals surface area contributed by atoms with E-state index in [1.807, 2.05) is 26.0 Å². The van der Waals surface area contributed by atoms with E-state index in [-0.39, 0.29) is 6.10 Å². The van der Waals surface area contributed by atoms with Crippen molar-refractivity contribution >= 4 is 38.1 Å². The molecular weight excluding hydrogens is 480 g/mol. The Labute approximate surface area is 175 Å². The number of carbonyl (C=O) groups is 1. The fourth-order valence-electron chi connectivity index (χ4n) is 2.91. The minimum Gasteiger partial charge on any atom is -0.493 e. The molecule has 0 bridgehead atoms. The molecular formula is C20H20Br2O5. The molecule has 1 fully saturated rings. The quantitative estimate of drug-likeness (QED) is 0.490. The lowest BCUT2D eigenvalue weighted by atomic mass is 10.1. The first-order valence-corrected chi connectivity index (χ1v) is 10.0. The summed E-state index contributed by atoms with van der Waals surface area (Å²) < 4.78 is 24.4. The van der Waals surface area contributed by atoms with Gasteiger partial charge in [0.05, 0.1) is 28.8 Å². The summed E-state index contributed by atoms with van der Waals surface area (Å²) in [6, 6.07) is 9.01. The Balaban J connectivity index is 1.83. The van der Waals surface area contributed by atoms with Crippen LogP contribution in [-0.2, 0) is 15.9 Å². The van der Waals surface area contributed by atoms with Crippen molar-refractivity contribution in [3.05, 3.63) is 50.4 Å². The van der Waals surface area contributed by atoms with E-state index in [4.69, 9.17) is 18.9 Å². The van der Waals surface area contributed by atoms with E-state index in [1.54, 1.807) is 25.3 Å². The maximum Gasteiger partial charge on any atom is 0.170 e. The van der Waals surface area contributed by atoms with Gasteiger partial charge in [-0.2, -0.15) is 0 Å². The highest BCUT2D eigenvalue weighted by Crippen LogP contribution is 2.41. The molecule has 27 heavy (non-hydrogen) atoms. The number of aldehydes is 1. The monoisotopic (exact) mass is 498 g/mol. The van der Waals surface area contributed by atoms with Crippen LogP contribution in [0, 0.1) is 0 Å². The second kappa shape index (κ2) is 8.31. The van der Waals surface area contributed by atoms with E-state index < -0.39 is 5.79 Å². The molecule has 0 spiro atoms. The molecule has 0 radical (unpaired) electrons. The van der Waals surface area contributed by atoms with Gasteiger partial charge in [-0.25, -0.2) is 0 Å². The molecule has 7 heteroatoms. The van der Waals surface area contributed by atoms with E-state index in [1.165, 1.54) is 0 Å². The largest absolute Gasteiger partial charge is 0.493 e. The Morgan fingerprint density at radius 3 is 2.44 bits per heavy atom. The fourth-order valence-corrected chi connectivity index (χ4v) is 4.35. The Bertz CT molecular complexity index is 827. The number of benzene rings is 2. The van der Waals surface area contributed by atoms with Gasteiger partial charge in [-0.1, -0.05) is 0 Å². The molecule has 0 saturated carbocycles. The Morgan fingerprint density at radius 1 is 1.19 bits per heavy atom. The first kappa shape index (κ1) is 20.3. The molecule has 0 aromatic heterocycles. The number of halogens is 2. The van der Waals surface area contributed by atoms with Crippen LogP contribution < -0.4 is 9.47 Å². The van der Waals surface area contributed by atoms with Crippen LogP contribution in [0.2, 0.25) is 0 Å². The molecule has 1 heterocycles. The number of carbonyl (C=O) groups excluding carboxylic acids is 1. The first-order valence-electron chi connectivity index (χ1n) is 8.42. The first-order chi connectivity index (χ1) is 12.8. The number of ether oxygens (including phenoxy) is 4. The highest BCUT2D eigenvalue weighted by atomic mass is 79.9. The van der Waals surface area contributed by atoms with Gasteiger partial charge in [0.2, 0.25) is 0 Å². The average Bonchev–Trinajstić information content (AvgIpc) is 2.96. The van der Waals surface area contributed by atoms with Gasteiger partial charge in [-0.3, -0.25) is 4.79 Å². The summed E-state index contributed by atoms with van der Waals surface area (Å²) in [5, 5.41) is 0. The van der Waals surface area contributed by atoms with Gasteiger partial charge < -0.3 is 18.9 Å². The number of rotatable bonds is 6. The summed E-state index contributed by atoms with van der Waals surface area (Å²) in [6.45, 7) is 4.39. The van der Waals surface area contributed by atoms with Crippen LogP contribution in [0.1, 0.15) is 29.8 Å². The van der Waals surface area contributed by atoms with Gasteiger partial charge in [0.15, 0.2) is 23.0 Å². The Morgan fingerprint density at radius 2 is 1.89 bits per heavy atom. The maximum atomic E-state index is 11.1. The second-order valence-corrected chi connectivity index (χ2v) is 8.38. The lowest BCUT2D eigenvalue weighted by Crippen LogP contribution is -2.22. The molecule has 1 aliphatic heterocycles. The molecule has 0 aliphatic carbocycles. The van der Waals surface area contributed by atoms with Crippen molar-refractivity contribution in [1.82, 2.24) is 0 Å². The third kappa shape index (κ3) is 4.90. The van der Waals surface area contributed by atoms with Gasteiger partial charge in [-0.05, 0) is 81.6 Å². The van der Waals surface area contributed by atoms with Gasteiger partial charge in [0.25, 0.3) is 0 Å². The summed E-state index contributed by atoms with van der Waals surface area (Å²) in [5.74, 6) is 1.07. The molecule has 1 unspecified atom stereocenters. The van der Waals surface area contributed by atoms with Crippen molar-refractivity contribution in [2.75, 3.05) is 13.7 Å². The molecule has 2 aromatic carbocycles. The lowest BCUT2D eigenvalue weighted by Gasteiger charge is -2.18. The number of hydrogen-bond donors (Lipinski definition) is 0. The van der Waals surface area contributed by atoms with E-state index >= 15 is 0 Å². The van der Waals surface area contributed by atoms with Crippen LogP contribution in [-0.4, -0.2) is 31.9 Å². The Hall–Kier alpha value is -1.41. The normalized spacial score (nSPS) is 18.3. The lowest BCUT2D eigenvalue weighted by molar-refractivity contribution is -0.138. The van der Waals surface area contributed by atoms with Crippen molar-refractivity contribution in [2.45, 2.75) is 32.2 Å². The second-order valence-electron chi connectivity index (χ2n) is 6.67. The van der Waals surface area contributed by atoms with Crippen LogP contribution in [0.5, 0.6) is 17.2 Å². The third-order valence-electron chi connectivity index (χ3n) is 4.12. The SMILES string of the molecule is COc1ccc(C=O)cc1Oc1c(Br)cc(CC2COC(C)(C)O2)cc1Br. The summed E-state index contributed by atoms with van der Waals surface area (Å²) >= 11 is 7.14. The van der Waals surface area contributed by atoms with Gasteiger partial charge in [0, 0.05) is 12.0 Å². The summed E-state index contributed by atoms with van der Waals surface area (Å²) in [6.07, 6.45) is 1.50. The molecule has 1 atom stereocenters. The minimum absolute atomic E-state index is 0.00920. The molecule has 1 aliphatic rings. The van der Waals surface area contributed by atoms with Crippen LogP contribution in [0.25, 0.3) is 0 Å². The zero-order valence-corrected chi connectivity index (χ0v) is 18.4. The zero-order chi connectivity index (χ0) is 19.6. The molecule has 3 rings (SSSR count). The van der Waals surface area contributed by atoms with Crippen molar-refractivity contribution in [3.63, 3.8) is 0 Å². The highest BCUT2D eigenvalue weighted by molar-refractivity contribution is 9.11. The topological polar surface area (TPSA) is 54.0 Å². The van der Waals surface area contributed by atoms with E-state index in [0.717, 1.165) is 27.2 Å². The minimum atomic E-state index is -0.539. The Kier molecular flexibility index (Phi) is 6.25. The smallest absolute Gasteiger partial charge is 0.170 e. The highest BCUT2D eigenvalue weighted by Gasteiger charge is 2.32. The van der Waals surface area contributed by atoms with Crippen LogP contribution in [0.15, 0.2) is 39.3 Å². The average molecular weight is 500 g/mol. The molecule has 2 aromatic rings. The summed E-state index contributed by atoms with van der Waals surface area (Å²) in [5.41, 5.74) is 1.59. The molecule has 0 N–H and O–H groups in total. The third-order valence-corrected chi connectivity index (χ3v) is 5.30. The molecule has 1 saturated heterocycles. The zero-order valence-electron chi connectivity index (χ0n) is 15.3. The number of methoxy groups -OCH3 is 1. The van der Waals surface area contributed by atoms with E-state index in [0.29, 0.717) is 29.4 Å². The summed E-state index contributed by atoms with van der Waals surface area (Å²) in [7, 11) is 1.56. The number of hydrogen-bond acceptors (Lipinski definition) is 5. The van der Waals surface area contributed by atoms with Crippen molar-refractivity contribution in [2.24, 2.45) is 0 Å².